The molecule has 1 atom stereocenters. The van der Waals surface area contributed by atoms with Crippen molar-refractivity contribution in [2.45, 2.75) is 59.4 Å². The van der Waals surface area contributed by atoms with Gasteiger partial charge in [0.05, 0.1) is 0 Å². The fourth-order valence-electron chi connectivity index (χ4n) is 1.79. The molecule has 0 heterocycles. The molecule has 0 radical (unpaired) electrons. The monoisotopic (exact) mass is 183 g/mol. The van der Waals surface area contributed by atoms with Gasteiger partial charge in [0.15, 0.2) is 0 Å². The first-order chi connectivity index (χ1) is 6.11. The zero-order chi connectivity index (χ0) is 10.3. The quantitative estimate of drug-likeness (QED) is 0.627. The summed E-state index contributed by atoms with van der Waals surface area (Å²) in [4.78, 5) is 0. The average molecular weight is 183 g/mol. The molecule has 0 fully saturated rings. The van der Waals surface area contributed by atoms with Crippen LogP contribution in [0.3, 0.4) is 0 Å². The maximum atomic E-state index is 6.11. The number of allylic oxidation sites excluding steroid dienone is 1. The minimum absolute atomic E-state index is 0.268. The van der Waals surface area contributed by atoms with Crippen LogP contribution in [0.1, 0.15) is 53.4 Å². The van der Waals surface area contributed by atoms with Gasteiger partial charge in [-0.2, -0.15) is 0 Å². The molecule has 0 amide bonds. The second kappa shape index (κ2) is 7.14. The van der Waals surface area contributed by atoms with Crippen molar-refractivity contribution < 1.29 is 0 Å². The first-order valence-electron chi connectivity index (χ1n) is 5.52. The van der Waals surface area contributed by atoms with E-state index in [1.165, 1.54) is 31.3 Å². The molecule has 0 saturated heterocycles. The largest absolute Gasteiger partial charge is 0.324 e. The summed E-state index contributed by atoms with van der Waals surface area (Å²) in [5, 5.41) is 0. The van der Waals surface area contributed by atoms with Crippen LogP contribution in [0.15, 0.2) is 11.6 Å². The summed E-state index contributed by atoms with van der Waals surface area (Å²) >= 11 is 0. The Kier molecular flexibility index (Phi) is 6.97. The van der Waals surface area contributed by atoms with Crippen molar-refractivity contribution in [3.8, 4) is 0 Å². The van der Waals surface area contributed by atoms with Gasteiger partial charge < -0.3 is 5.73 Å². The second-order valence-corrected chi connectivity index (χ2v) is 4.16. The van der Waals surface area contributed by atoms with E-state index in [9.17, 15) is 0 Å². The van der Waals surface area contributed by atoms with Gasteiger partial charge in [0.25, 0.3) is 0 Å². The van der Waals surface area contributed by atoms with Crippen molar-refractivity contribution in [3.63, 3.8) is 0 Å². The Bertz CT molecular complexity index is 139. The predicted molar refractivity (Wildman–Crippen MR) is 60.7 cm³/mol. The van der Waals surface area contributed by atoms with Gasteiger partial charge in [-0.1, -0.05) is 38.3 Å². The SMILES string of the molecule is CCCC(CCC)C(N)C=C(C)C. The van der Waals surface area contributed by atoms with Gasteiger partial charge in [-0.05, 0) is 32.6 Å². The van der Waals surface area contributed by atoms with E-state index in [1.54, 1.807) is 0 Å². The predicted octanol–water partition coefficient (Wildman–Crippen LogP) is 3.50. The highest BCUT2D eigenvalue weighted by molar-refractivity contribution is 5.01. The third kappa shape index (κ3) is 5.87. The Hall–Kier alpha value is -0.300. The van der Waals surface area contributed by atoms with Gasteiger partial charge in [0, 0.05) is 6.04 Å². The molecule has 0 spiro atoms. The molecule has 1 unspecified atom stereocenters. The fraction of sp³-hybridized carbons (Fsp3) is 0.833. The molecule has 13 heavy (non-hydrogen) atoms. The summed E-state index contributed by atoms with van der Waals surface area (Å²) in [6.07, 6.45) is 7.22. The molecule has 0 rings (SSSR count). The lowest BCUT2D eigenvalue weighted by Crippen LogP contribution is -2.28. The number of nitrogens with two attached hydrogens (primary N) is 1. The third-order valence-electron chi connectivity index (χ3n) is 2.39. The Morgan fingerprint density at radius 1 is 1.15 bits per heavy atom. The molecule has 2 N–H and O–H groups in total. The van der Waals surface area contributed by atoms with Crippen LogP contribution in [0.5, 0.6) is 0 Å². The molecule has 78 valence electrons. The van der Waals surface area contributed by atoms with Gasteiger partial charge in [0.2, 0.25) is 0 Å². The highest BCUT2D eigenvalue weighted by Gasteiger charge is 2.13. The molecule has 0 bridgehead atoms. The fourth-order valence-corrected chi connectivity index (χ4v) is 1.79. The molecule has 0 aliphatic carbocycles. The highest BCUT2D eigenvalue weighted by Crippen LogP contribution is 2.18. The van der Waals surface area contributed by atoms with Crippen molar-refractivity contribution in [2.24, 2.45) is 11.7 Å². The van der Waals surface area contributed by atoms with E-state index in [4.69, 9.17) is 5.73 Å². The van der Waals surface area contributed by atoms with E-state index in [0.717, 1.165) is 0 Å². The summed E-state index contributed by atoms with van der Waals surface area (Å²) in [7, 11) is 0. The van der Waals surface area contributed by atoms with Crippen LogP contribution in [0.2, 0.25) is 0 Å². The summed E-state index contributed by atoms with van der Waals surface area (Å²) in [6, 6.07) is 0.268. The zero-order valence-electron chi connectivity index (χ0n) is 9.64. The Labute approximate surface area is 83.4 Å². The Morgan fingerprint density at radius 3 is 1.92 bits per heavy atom. The normalized spacial score (nSPS) is 13.1. The molecule has 0 aromatic heterocycles. The van der Waals surface area contributed by atoms with Crippen LogP contribution in [0.25, 0.3) is 0 Å². The van der Waals surface area contributed by atoms with Gasteiger partial charge in [-0.15, -0.1) is 0 Å². The lowest BCUT2D eigenvalue weighted by atomic mass is 9.90. The average Bonchev–Trinajstić information content (AvgIpc) is 2.02. The molecular formula is C12H25N. The molecule has 0 saturated carbocycles. The first kappa shape index (κ1) is 12.7. The van der Waals surface area contributed by atoms with Crippen molar-refractivity contribution in [3.05, 3.63) is 11.6 Å². The van der Waals surface area contributed by atoms with Crippen LogP contribution in [0.4, 0.5) is 0 Å². The molecule has 0 aliphatic heterocycles. The zero-order valence-corrected chi connectivity index (χ0v) is 9.64. The Morgan fingerprint density at radius 2 is 1.62 bits per heavy atom. The van der Waals surface area contributed by atoms with Crippen molar-refractivity contribution in [1.82, 2.24) is 0 Å². The maximum Gasteiger partial charge on any atom is 0.0254 e. The molecule has 0 aromatic rings. The number of rotatable bonds is 6. The van der Waals surface area contributed by atoms with Crippen molar-refractivity contribution >= 4 is 0 Å². The summed E-state index contributed by atoms with van der Waals surface area (Å²) in [6.45, 7) is 8.71. The molecule has 0 aliphatic rings. The molecule has 1 heteroatoms. The minimum Gasteiger partial charge on any atom is -0.324 e. The van der Waals surface area contributed by atoms with E-state index in [2.05, 4.69) is 33.8 Å². The second-order valence-electron chi connectivity index (χ2n) is 4.16. The molecule has 0 aromatic carbocycles. The maximum absolute atomic E-state index is 6.11. The molecular weight excluding hydrogens is 158 g/mol. The van der Waals surface area contributed by atoms with E-state index < -0.39 is 0 Å². The van der Waals surface area contributed by atoms with E-state index in [-0.39, 0.29) is 6.04 Å². The van der Waals surface area contributed by atoms with Crippen LogP contribution in [-0.4, -0.2) is 6.04 Å². The van der Waals surface area contributed by atoms with Gasteiger partial charge in [-0.3, -0.25) is 0 Å². The highest BCUT2D eigenvalue weighted by atomic mass is 14.6. The lowest BCUT2D eigenvalue weighted by molar-refractivity contribution is 0.401. The summed E-state index contributed by atoms with van der Waals surface area (Å²) in [5.74, 6) is 0.685. The van der Waals surface area contributed by atoms with Crippen molar-refractivity contribution in [2.75, 3.05) is 0 Å². The van der Waals surface area contributed by atoms with Crippen LogP contribution in [-0.2, 0) is 0 Å². The van der Waals surface area contributed by atoms with E-state index >= 15 is 0 Å². The van der Waals surface area contributed by atoms with Crippen LogP contribution in [0, 0.1) is 5.92 Å². The van der Waals surface area contributed by atoms with E-state index in [0.29, 0.717) is 5.92 Å². The topological polar surface area (TPSA) is 26.0 Å². The number of hydrogen-bond donors (Lipinski definition) is 1. The standard InChI is InChI=1S/C12H25N/c1-5-7-11(8-6-2)12(13)9-10(3)4/h9,11-12H,5-8,13H2,1-4H3. The van der Waals surface area contributed by atoms with Crippen molar-refractivity contribution in [1.29, 1.82) is 0 Å². The van der Waals surface area contributed by atoms with Crippen LogP contribution >= 0.6 is 0 Å². The van der Waals surface area contributed by atoms with Gasteiger partial charge >= 0.3 is 0 Å². The molecule has 1 nitrogen and oxygen atoms in total. The van der Waals surface area contributed by atoms with Gasteiger partial charge in [-0.25, -0.2) is 0 Å². The minimum atomic E-state index is 0.268. The van der Waals surface area contributed by atoms with E-state index in [1.807, 2.05) is 0 Å². The van der Waals surface area contributed by atoms with Gasteiger partial charge in [0.1, 0.15) is 0 Å². The summed E-state index contributed by atoms with van der Waals surface area (Å²) in [5.41, 5.74) is 7.45. The first-order valence-corrected chi connectivity index (χ1v) is 5.52. The summed E-state index contributed by atoms with van der Waals surface area (Å²) < 4.78 is 0. The smallest absolute Gasteiger partial charge is 0.0254 e. The Balaban J connectivity index is 4.09. The third-order valence-corrected chi connectivity index (χ3v) is 2.39. The number of hydrogen-bond acceptors (Lipinski definition) is 1. The lowest BCUT2D eigenvalue weighted by Gasteiger charge is -2.20. The van der Waals surface area contributed by atoms with Crippen LogP contribution < -0.4 is 5.73 Å².